The molecular weight excluding hydrogens is 420 g/mol. The molecule has 1 N–H and O–H groups in total. The van der Waals surface area contributed by atoms with Crippen molar-refractivity contribution in [3.05, 3.63) is 63.9 Å². The van der Waals surface area contributed by atoms with Gasteiger partial charge in [0.2, 0.25) is 5.91 Å². The highest BCUT2D eigenvalue weighted by Gasteiger charge is 2.14. The minimum absolute atomic E-state index is 0.0785. The quantitative estimate of drug-likeness (QED) is 0.484. The average molecular weight is 445 g/mol. The maximum Gasteiger partial charge on any atom is 0.234 e. The SMILES string of the molecule is CCn1c(COc2ccc(Cl)cc2C)nnc1SCC(=O)Nc1cc(C)cc(C)c1. The summed E-state index contributed by atoms with van der Waals surface area (Å²) in [5, 5.41) is 12.8. The van der Waals surface area contributed by atoms with Crippen molar-refractivity contribution in [2.45, 2.75) is 46.0 Å². The van der Waals surface area contributed by atoms with E-state index in [1.165, 1.54) is 11.8 Å². The number of benzene rings is 2. The number of thioether (sulfide) groups is 1. The maximum atomic E-state index is 12.4. The summed E-state index contributed by atoms with van der Waals surface area (Å²) in [6, 6.07) is 11.5. The number of aromatic nitrogens is 3. The minimum Gasteiger partial charge on any atom is -0.485 e. The molecule has 0 saturated heterocycles. The second-order valence-corrected chi connectivity index (χ2v) is 8.43. The number of amides is 1. The van der Waals surface area contributed by atoms with Crippen LogP contribution >= 0.6 is 23.4 Å². The predicted molar refractivity (Wildman–Crippen MR) is 121 cm³/mol. The van der Waals surface area contributed by atoms with Crippen molar-refractivity contribution in [1.82, 2.24) is 14.8 Å². The number of carbonyl (C=O) groups is 1. The van der Waals surface area contributed by atoms with Gasteiger partial charge in [0, 0.05) is 17.3 Å². The highest BCUT2D eigenvalue weighted by atomic mass is 35.5. The van der Waals surface area contributed by atoms with Gasteiger partial charge in [-0.05, 0) is 74.7 Å². The van der Waals surface area contributed by atoms with E-state index in [0.717, 1.165) is 28.1 Å². The summed E-state index contributed by atoms with van der Waals surface area (Å²) in [6.45, 7) is 8.96. The molecule has 8 heteroatoms. The number of hydrogen-bond acceptors (Lipinski definition) is 5. The molecule has 158 valence electrons. The Bertz CT molecular complexity index is 1030. The van der Waals surface area contributed by atoms with Crippen LogP contribution in [0.5, 0.6) is 5.75 Å². The molecule has 0 unspecified atom stereocenters. The van der Waals surface area contributed by atoms with Crippen LogP contribution in [0.3, 0.4) is 0 Å². The van der Waals surface area contributed by atoms with Gasteiger partial charge in [-0.1, -0.05) is 29.4 Å². The molecule has 1 amide bonds. The molecule has 0 aliphatic carbocycles. The average Bonchev–Trinajstić information content (AvgIpc) is 3.06. The number of nitrogens with zero attached hydrogens (tertiary/aromatic N) is 3. The summed E-state index contributed by atoms with van der Waals surface area (Å²) in [4.78, 5) is 12.4. The van der Waals surface area contributed by atoms with E-state index in [-0.39, 0.29) is 11.7 Å². The molecular formula is C22H25ClN4O2S. The Hall–Kier alpha value is -2.51. The van der Waals surface area contributed by atoms with Crippen LogP contribution < -0.4 is 10.1 Å². The second kappa shape index (κ2) is 10.00. The third-order valence-corrected chi connectivity index (χ3v) is 5.64. The fraction of sp³-hybridized carbons (Fsp3) is 0.318. The first-order valence-corrected chi connectivity index (χ1v) is 11.0. The van der Waals surface area contributed by atoms with E-state index >= 15 is 0 Å². The van der Waals surface area contributed by atoms with Crippen LogP contribution in [0, 0.1) is 20.8 Å². The van der Waals surface area contributed by atoms with Crippen LogP contribution in [-0.2, 0) is 17.9 Å². The van der Waals surface area contributed by atoms with Gasteiger partial charge in [-0.3, -0.25) is 4.79 Å². The summed E-state index contributed by atoms with van der Waals surface area (Å²) >= 11 is 7.35. The topological polar surface area (TPSA) is 69.0 Å². The smallest absolute Gasteiger partial charge is 0.234 e. The first kappa shape index (κ1) is 22.2. The Morgan fingerprint density at radius 3 is 2.53 bits per heavy atom. The zero-order valence-corrected chi connectivity index (χ0v) is 19.1. The van der Waals surface area contributed by atoms with Gasteiger partial charge in [0.15, 0.2) is 11.0 Å². The lowest BCUT2D eigenvalue weighted by Crippen LogP contribution is -2.15. The van der Waals surface area contributed by atoms with E-state index < -0.39 is 0 Å². The largest absolute Gasteiger partial charge is 0.485 e. The number of halogens is 1. The van der Waals surface area contributed by atoms with Crippen LogP contribution in [0.15, 0.2) is 41.6 Å². The first-order chi connectivity index (χ1) is 14.4. The van der Waals surface area contributed by atoms with Crippen LogP contribution in [0.2, 0.25) is 5.02 Å². The Morgan fingerprint density at radius 2 is 1.87 bits per heavy atom. The molecule has 1 heterocycles. The van der Waals surface area contributed by atoms with Crippen LogP contribution in [-0.4, -0.2) is 26.4 Å². The molecule has 30 heavy (non-hydrogen) atoms. The predicted octanol–water partition coefficient (Wildman–Crippen LogP) is 5.19. The van der Waals surface area contributed by atoms with Crippen LogP contribution in [0.1, 0.15) is 29.4 Å². The lowest BCUT2D eigenvalue weighted by Gasteiger charge is -2.11. The maximum absolute atomic E-state index is 12.4. The van der Waals surface area contributed by atoms with Gasteiger partial charge in [-0.25, -0.2) is 0 Å². The number of carbonyl (C=O) groups excluding carboxylic acids is 1. The second-order valence-electron chi connectivity index (χ2n) is 7.05. The van der Waals surface area contributed by atoms with E-state index in [1.807, 2.05) is 56.5 Å². The third kappa shape index (κ3) is 5.77. The Kier molecular flexibility index (Phi) is 7.39. The number of ether oxygens (including phenoxy) is 1. The van der Waals surface area contributed by atoms with E-state index in [4.69, 9.17) is 16.3 Å². The normalized spacial score (nSPS) is 10.8. The van der Waals surface area contributed by atoms with Crippen molar-refractivity contribution in [3.8, 4) is 5.75 Å². The van der Waals surface area contributed by atoms with Gasteiger partial charge in [-0.2, -0.15) is 0 Å². The van der Waals surface area contributed by atoms with Crippen LogP contribution in [0.4, 0.5) is 5.69 Å². The summed E-state index contributed by atoms with van der Waals surface area (Å²) in [6.07, 6.45) is 0. The van der Waals surface area contributed by atoms with E-state index in [1.54, 1.807) is 6.07 Å². The number of aryl methyl sites for hydroxylation is 3. The van der Waals surface area contributed by atoms with Crippen molar-refractivity contribution in [3.63, 3.8) is 0 Å². The molecule has 0 bridgehead atoms. The number of nitrogens with one attached hydrogen (secondary N) is 1. The van der Waals surface area contributed by atoms with Gasteiger partial charge in [0.1, 0.15) is 12.4 Å². The molecule has 3 aromatic rings. The van der Waals surface area contributed by atoms with Crippen molar-refractivity contribution in [1.29, 1.82) is 0 Å². The summed E-state index contributed by atoms with van der Waals surface area (Å²) in [5.41, 5.74) is 4.00. The van der Waals surface area contributed by atoms with E-state index in [0.29, 0.717) is 29.2 Å². The molecule has 3 rings (SSSR count). The highest BCUT2D eigenvalue weighted by Crippen LogP contribution is 2.24. The fourth-order valence-corrected chi connectivity index (χ4v) is 4.19. The number of anilines is 1. The van der Waals surface area contributed by atoms with Crippen molar-refractivity contribution >= 4 is 35.0 Å². The molecule has 0 saturated carbocycles. The lowest BCUT2D eigenvalue weighted by molar-refractivity contribution is -0.113. The molecule has 0 radical (unpaired) electrons. The number of hydrogen-bond donors (Lipinski definition) is 1. The molecule has 1 aromatic heterocycles. The zero-order chi connectivity index (χ0) is 21.7. The molecule has 6 nitrogen and oxygen atoms in total. The summed E-state index contributed by atoms with van der Waals surface area (Å²) in [5.74, 6) is 1.64. The van der Waals surface area contributed by atoms with Gasteiger partial charge in [0.05, 0.1) is 5.75 Å². The van der Waals surface area contributed by atoms with Gasteiger partial charge in [-0.15, -0.1) is 10.2 Å². The lowest BCUT2D eigenvalue weighted by atomic mass is 10.1. The third-order valence-electron chi connectivity index (χ3n) is 4.44. The van der Waals surface area contributed by atoms with Crippen LogP contribution in [0.25, 0.3) is 0 Å². The van der Waals surface area contributed by atoms with Gasteiger partial charge < -0.3 is 14.6 Å². The highest BCUT2D eigenvalue weighted by molar-refractivity contribution is 7.99. The van der Waals surface area contributed by atoms with Gasteiger partial charge >= 0.3 is 0 Å². The monoisotopic (exact) mass is 444 g/mol. The van der Waals surface area contributed by atoms with E-state index in [9.17, 15) is 4.79 Å². The van der Waals surface area contributed by atoms with E-state index in [2.05, 4.69) is 21.6 Å². The molecule has 0 aliphatic heterocycles. The molecule has 0 spiro atoms. The molecule has 2 aromatic carbocycles. The fourth-order valence-electron chi connectivity index (χ4n) is 3.14. The first-order valence-electron chi connectivity index (χ1n) is 9.67. The van der Waals surface area contributed by atoms with Gasteiger partial charge in [0.25, 0.3) is 0 Å². The standard InChI is InChI=1S/C22H25ClN4O2S/c1-5-27-20(12-29-19-7-6-17(23)11-16(19)4)25-26-22(27)30-13-21(28)24-18-9-14(2)8-15(3)10-18/h6-11H,5,12-13H2,1-4H3,(H,24,28). The minimum atomic E-state index is -0.0785. The molecule has 0 fully saturated rings. The summed E-state index contributed by atoms with van der Waals surface area (Å²) in [7, 11) is 0. The zero-order valence-electron chi connectivity index (χ0n) is 17.5. The van der Waals surface area contributed by atoms with Crippen molar-refractivity contribution in [2.75, 3.05) is 11.1 Å². The van der Waals surface area contributed by atoms with Crippen molar-refractivity contribution < 1.29 is 9.53 Å². The van der Waals surface area contributed by atoms with Crippen molar-refractivity contribution in [2.24, 2.45) is 0 Å². The Morgan fingerprint density at radius 1 is 1.13 bits per heavy atom. The molecule has 0 aliphatic rings. The Balaban J connectivity index is 1.60. The molecule has 0 atom stereocenters. The Labute approximate surface area is 186 Å². The number of rotatable bonds is 8. The summed E-state index contributed by atoms with van der Waals surface area (Å²) < 4.78 is 7.85.